The van der Waals surface area contributed by atoms with Gasteiger partial charge in [-0.1, -0.05) is 12.1 Å². The Kier molecular flexibility index (Phi) is 4.11. The molecule has 1 aliphatic rings. The Bertz CT molecular complexity index is 503. The van der Waals surface area contributed by atoms with Crippen LogP contribution in [0.4, 0.5) is 4.39 Å². The number of hydrazone groups is 1. The number of benzene rings is 1. The zero-order valence-electron chi connectivity index (χ0n) is 10.6. The standard InChI is InChI=1S/C13H17FN4O/c14-11-6-9(7-17-16)3-4-10(11)8-18-5-1-2-12(18)13(15)19/h3-4,6-7,12H,1-2,5,8,16H2,(H2,15,19)/t12-/m0/s1. The SMILES string of the molecule is NN=Cc1ccc(CN2CCC[C@H]2C(N)=O)c(F)c1. The third-order valence-corrected chi connectivity index (χ3v) is 3.37. The zero-order chi connectivity index (χ0) is 13.8. The molecule has 5 nitrogen and oxygen atoms in total. The number of halogens is 1. The summed E-state index contributed by atoms with van der Waals surface area (Å²) in [4.78, 5) is 13.2. The van der Waals surface area contributed by atoms with Gasteiger partial charge in [0.15, 0.2) is 0 Å². The summed E-state index contributed by atoms with van der Waals surface area (Å²) in [5.41, 5.74) is 6.49. The lowest BCUT2D eigenvalue weighted by atomic mass is 10.1. The van der Waals surface area contributed by atoms with E-state index in [1.807, 2.05) is 4.90 Å². The molecule has 0 saturated carbocycles. The second-order valence-electron chi connectivity index (χ2n) is 4.66. The van der Waals surface area contributed by atoms with Gasteiger partial charge >= 0.3 is 0 Å². The molecule has 1 aromatic rings. The number of nitrogens with two attached hydrogens (primary N) is 2. The quantitative estimate of drug-likeness (QED) is 0.473. The van der Waals surface area contributed by atoms with E-state index in [4.69, 9.17) is 11.6 Å². The molecule has 1 aromatic carbocycles. The number of carbonyl (C=O) groups excluding carboxylic acids is 1. The molecule has 0 aliphatic carbocycles. The topological polar surface area (TPSA) is 84.7 Å². The van der Waals surface area contributed by atoms with Gasteiger partial charge in [0.05, 0.1) is 12.3 Å². The van der Waals surface area contributed by atoms with E-state index in [1.54, 1.807) is 12.1 Å². The van der Waals surface area contributed by atoms with Crippen molar-refractivity contribution in [1.29, 1.82) is 0 Å². The van der Waals surface area contributed by atoms with Crippen LogP contribution in [-0.4, -0.2) is 29.6 Å². The number of hydrogen-bond acceptors (Lipinski definition) is 4. The fourth-order valence-corrected chi connectivity index (χ4v) is 2.41. The van der Waals surface area contributed by atoms with Crippen molar-refractivity contribution >= 4 is 12.1 Å². The second kappa shape index (κ2) is 5.79. The largest absolute Gasteiger partial charge is 0.368 e. The van der Waals surface area contributed by atoms with Crippen LogP contribution in [-0.2, 0) is 11.3 Å². The minimum atomic E-state index is -0.343. The third-order valence-electron chi connectivity index (χ3n) is 3.37. The van der Waals surface area contributed by atoms with Crippen LogP contribution < -0.4 is 11.6 Å². The maximum atomic E-state index is 13.9. The molecule has 1 atom stereocenters. The lowest BCUT2D eigenvalue weighted by molar-refractivity contribution is -0.122. The molecule has 1 saturated heterocycles. The van der Waals surface area contributed by atoms with E-state index in [0.717, 1.165) is 19.4 Å². The highest BCUT2D eigenvalue weighted by molar-refractivity contribution is 5.80. The summed E-state index contributed by atoms with van der Waals surface area (Å²) in [5.74, 6) is 4.35. The smallest absolute Gasteiger partial charge is 0.234 e. The van der Waals surface area contributed by atoms with Crippen LogP contribution in [0.2, 0.25) is 0 Å². The van der Waals surface area contributed by atoms with Gasteiger partial charge in [-0.15, -0.1) is 0 Å². The molecule has 102 valence electrons. The predicted octanol–water partition coefficient (Wildman–Crippen LogP) is 0.568. The van der Waals surface area contributed by atoms with Crippen molar-refractivity contribution < 1.29 is 9.18 Å². The van der Waals surface area contributed by atoms with Crippen LogP contribution in [0.3, 0.4) is 0 Å². The number of carbonyl (C=O) groups is 1. The van der Waals surface area contributed by atoms with Crippen LogP contribution >= 0.6 is 0 Å². The summed E-state index contributed by atoms with van der Waals surface area (Å²) in [7, 11) is 0. The molecule has 1 amide bonds. The molecule has 1 aliphatic heterocycles. The fourth-order valence-electron chi connectivity index (χ4n) is 2.41. The van der Waals surface area contributed by atoms with E-state index in [-0.39, 0.29) is 17.8 Å². The average Bonchev–Trinajstić information content (AvgIpc) is 2.81. The lowest BCUT2D eigenvalue weighted by Gasteiger charge is -2.22. The van der Waals surface area contributed by atoms with Crippen molar-refractivity contribution in [3.63, 3.8) is 0 Å². The van der Waals surface area contributed by atoms with Gasteiger partial charge in [0.1, 0.15) is 5.82 Å². The van der Waals surface area contributed by atoms with Crippen LogP contribution in [0.1, 0.15) is 24.0 Å². The molecule has 1 fully saturated rings. The predicted molar refractivity (Wildman–Crippen MR) is 70.8 cm³/mol. The van der Waals surface area contributed by atoms with Gasteiger partial charge in [0.25, 0.3) is 0 Å². The van der Waals surface area contributed by atoms with E-state index in [1.165, 1.54) is 12.3 Å². The van der Waals surface area contributed by atoms with Gasteiger partial charge in [0, 0.05) is 12.1 Å². The molecule has 4 N–H and O–H groups in total. The maximum absolute atomic E-state index is 13.9. The first-order valence-corrected chi connectivity index (χ1v) is 6.17. The molecular formula is C13H17FN4O. The molecular weight excluding hydrogens is 247 g/mol. The van der Waals surface area contributed by atoms with Gasteiger partial charge in [-0.2, -0.15) is 5.10 Å². The number of hydrogen-bond donors (Lipinski definition) is 2. The molecule has 0 spiro atoms. The van der Waals surface area contributed by atoms with E-state index < -0.39 is 0 Å². The van der Waals surface area contributed by atoms with Crippen molar-refractivity contribution in [2.75, 3.05) is 6.54 Å². The second-order valence-corrected chi connectivity index (χ2v) is 4.66. The Morgan fingerprint density at radius 1 is 1.58 bits per heavy atom. The Morgan fingerprint density at radius 3 is 3.00 bits per heavy atom. The number of amides is 1. The normalized spacial score (nSPS) is 20.2. The van der Waals surface area contributed by atoms with E-state index in [9.17, 15) is 9.18 Å². The minimum absolute atomic E-state index is 0.287. The number of likely N-dealkylation sites (tertiary alicyclic amines) is 1. The molecule has 0 unspecified atom stereocenters. The highest BCUT2D eigenvalue weighted by atomic mass is 19.1. The Balaban J connectivity index is 2.13. The molecule has 2 rings (SSSR count). The first kappa shape index (κ1) is 13.5. The molecule has 0 aromatic heterocycles. The molecule has 6 heteroatoms. The Labute approximate surface area is 111 Å². The van der Waals surface area contributed by atoms with Crippen LogP contribution in [0.5, 0.6) is 0 Å². The number of rotatable bonds is 4. The summed E-state index contributed by atoms with van der Waals surface area (Å²) >= 11 is 0. The van der Waals surface area contributed by atoms with Crippen molar-refractivity contribution in [3.05, 3.63) is 35.1 Å². The third kappa shape index (κ3) is 3.08. The highest BCUT2D eigenvalue weighted by Gasteiger charge is 2.29. The van der Waals surface area contributed by atoms with E-state index in [2.05, 4.69) is 5.10 Å². The van der Waals surface area contributed by atoms with Crippen molar-refractivity contribution in [2.45, 2.75) is 25.4 Å². The first-order chi connectivity index (χ1) is 9.11. The fraction of sp³-hybridized carbons (Fsp3) is 0.385. The van der Waals surface area contributed by atoms with Crippen LogP contribution in [0.15, 0.2) is 23.3 Å². The Morgan fingerprint density at radius 2 is 2.37 bits per heavy atom. The molecule has 19 heavy (non-hydrogen) atoms. The van der Waals surface area contributed by atoms with Crippen molar-refractivity contribution in [2.24, 2.45) is 16.7 Å². The summed E-state index contributed by atoms with van der Waals surface area (Å²) in [6.45, 7) is 1.15. The number of primary amides is 1. The summed E-state index contributed by atoms with van der Waals surface area (Å²) in [5, 5.41) is 3.35. The number of nitrogens with zero attached hydrogens (tertiary/aromatic N) is 2. The van der Waals surface area contributed by atoms with Crippen LogP contribution in [0, 0.1) is 5.82 Å². The summed E-state index contributed by atoms with van der Waals surface area (Å²) in [6.07, 6.45) is 3.04. The average molecular weight is 264 g/mol. The van der Waals surface area contributed by atoms with Gasteiger partial charge in [0.2, 0.25) is 5.91 Å². The lowest BCUT2D eigenvalue weighted by Crippen LogP contribution is -2.39. The maximum Gasteiger partial charge on any atom is 0.234 e. The first-order valence-electron chi connectivity index (χ1n) is 6.17. The Hall–Kier alpha value is -1.95. The van der Waals surface area contributed by atoms with Crippen LogP contribution in [0.25, 0.3) is 0 Å². The summed E-state index contributed by atoms with van der Waals surface area (Å²) < 4.78 is 13.9. The zero-order valence-corrected chi connectivity index (χ0v) is 10.6. The van der Waals surface area contributed by atoms with Crippen molar-refractivity contribution in [3.8, 4) is 0 Å². The van der Waals surface area contributed by atoms with Gasteiger partial charge in [-0.3, -0.25) is 9.69 Å². The van der Waals surface area contributed by atoms with E-state index in [0.29, 0.717) is 17.7 Å². The van der Waals surface area contributed by atoms with Gasteiger partial charge in [-0.25, -0.2) is 4.39 Å². The molecule has 1 heterocycles. The highest BCUT2D eigenvalue weighted by Crippen LogP contribution is 2.21. The monoisotopic (exact) mass is 264 g/mol. The molecule has 0 bridgehead atoms. The van der Waals surface area contributed by atoms with Gasteiger partial charge in [-0.05, 0) is 31.0 Å². The van der Waals surface area contributed by atoms with E-state index >= 15 is 0 Å². The summed E-state index contributed by atoms with van der Waals surface area (Å²) in [6, 6.07) is 4.51. The van der Waals surface area contributed by atoms with Gasteiger partial charge < -0.3 is 11.6 Å². The molecule has 0 radical (unpaired) electrons. The minimum Gasteiger partial charge on any atom is -0.368 e. The van der Waals surface area contributed by atoms with Crippen molar-refractivity contribution in [1.82, 2.24) is 4.90 Å².